The highest BCUT2D eigenvalue weighted by Gasteiger charge is 2.18. The molecule has 0 aliphatic heterocycles. The van der Waals surface area contributed by atoms with Crippen LogP contribution in [-0.2, 0) is 0 Å². The Balaban J connectivity index is 1.07. The third-order valence-corrected chi connectivity index (χ3v) is 9.10. The van der Waals surface area contributed by atoms with E-state index in [0.29, 0.717) is 11.4 Å². The van der Waals surface area contributed by atoms with Crippen LogP contribution in [-0.4, -0.2) is 9.97 Å². The van der Waals surface area contributed by atoms with Crippen LogP contribution in [0.4, 0.5) is 0 Å². The summed E-state index contributed by atoms with van der Waals surface area (Å²) >= 11 is 0. The Hall–Kier alpha value is -6.58. The standard InChI is InChI=1S/C46H30N2O/c1-3-12-31(13-4-1)32-24-26-33(27-25-32)35-16-9-17-36(28-35)37-18-10-19-38(29-37)39-20-11-21-40(30-39)46-47-43(34-14-5-2-6-15-34)45-44(48-46)41-22-7-8-23-42(41)49-45/h1-30H. The number of nitrogens with zero attached hydrogens (tertiary/aromatic N) is 2. The van der Waals surface area contributed by atoms with Gasteiger partial charge in [0.25, 0.3) is 0 Å². The third-order valence-electron chi connectivity index (χ3n) is 9.10. The van der Waals surface area contributed by atoms with Gasteiger partial charge in [0.15, 0.2) is 11.4 Å². The summed E-state index contributed by atoms with van der Waals surface area (Å²) in [7, 11) is 0. The highest BCUT2D eigenvalue weighted by molar-refractivity contribution is 6.07. The van der Waals surface area contributed by atoms with Crippen LogP contribution in [0.3, 0.4) is 0 Å². The van der Waals surface area contributed by atoms with E-state index in [1.807, 2.05) is 42.5 Å². The number of para-hydroxylation sites is 1. The van der Waals surface area contributed by atoms with Crippen molar-refractivity contribution in [2.45, 2.75) is 0 Å². The maximum atomic E-state index is 6.31. The molecule has 2 aromatic heterocycles. The SMILES string of the molecule is c1ccc(-c2ccc(-c3cccc(-c4cccc(-c5cccc(-c6nc(-c7ccccc7)c7oc8ccccc8c7n6)c5)c4)c3)cc2)cc1. The molecular weight excluding hydrogens is 597 g/mol. The molecule has 0 aliphatic rings. The van der Waals surface area contributed by atoms with Crippen LogP contribution in [0, 0.1) is 0 Å². The van der Waals surface area contributed by atoms with Crippen molar-refractivity contribution in [1.82, 2.24) is 9.97 Å². The first kappa shape index (κ1) is 28.6. The Labute approximate surface area is 284 Å². The van der Waals surface area contributed by atoms with Crippen molar-refractivity contribution in [3.8, 4) is 67.2 Å². The minimum absolute atomic E-state index is 0.668. The van der Waals surface area contributed by atoms with E-state index in [0.717, 1.165) is 44.4 Å². The molecule has 49 heavy (non-hydrogen) atoms. The number of aromatic nitrogens is 2. The first-order valence-electron chi connectivity index (χ1n) is 16.5. The zero-order valence-corrected chi connectivity index (χ0v) is 26.6. The monoisotopic (exact) mass is 626 g/mol. The van der Waals surface area contributed by atoms with Crippen molar-refractivity contribution in [2.24, 2.45) is 0 Å². The molecule has 0 N–H and O–H groups in total. The molecule has 230 valence electrons. The molecule has 0 unspecified atom stereocenters. The molecule has 9 rings (SSSR count). The predicted molar refractivity (Wildman–Crippen MR) is 202 cm³/mol. The molecule has 0 aliphatic carbocycles. The van der Waals surface area contributed by atoms with Gasteiger partial charge in [0, 0.05) is 16.5 Å². The molecular formula is C46H30N2O. The average molecular weight is 627 g/mol. The van der Waals surface area contributed by atoms with E-state index in [-0.39, 0.29) is 0 Å². The quantitative estimate of drug-likeness (QED) is 0.184. The first-order chi connectivity index (χ1) is 24.3. The average Bonchev–Trinajstić information content (AvgIpc) is 3.57. The summed E-state index contributed by atoms with van der Waals surface area (Å²) in [5.41, 5.74) is 14.5. The van der Waals surface area contributed by atoms with E-state index in [1.165, 1.54) is 33.4 Å². The third kappa shape index (κ3) is 5.48. The minimum Gasteiger partial charge on any atom is -0.452 e. The fourth-order valence-corrected chi connectivity index (χ4v) is 6.59. The summed E-state index contributed by atoms with van der Waals surface area (Å²) in [4.78, 5) is 10.2. The van der Waals surface area contributed by atoms with Gasteiger partial charge in [-0.15, -0.1) is 0 Å². The van der Waals surface area contributed by atoms with Crippen LogP contribution >= 0.6 is 0 Å². The molecule has 0 fully saturated rings. The molecule has 0 saturated heterocycles. The zero-order valence-electron chi connectivity index (χ0n) is 26.6. The van der Waals surface area contributed by atoms with Gasteiger partial charge in [-0.2, -0.15) is 0 Å². The van der Waals surface area contributed by atoms with E-state index >= 15 is 0 Å². The fourth-order valence-electron chi connectivity index (χ4n) is 6.59. The van der Waals surface area contributed by atoms with Crippen LogP contribution in [0.25, 0.3) is 89.2 Å². The normalized spacial score (nSPS) is 11.3. The number of furan rings is 1. The smallest absolute Gasteiger partial charge is 0.180 e. The lowest BCUT2D eigenvalue weighted by Crippen LogP contribution is -1.94. The van der Waals surface area contributed by atoms with Gasteiger partial charge in [-0.3, -0.25) is 0 Å². The van der Waals surface area contributed by atoms with Crippen LogP contribution < -0.4 is 0 Å². The molecule has 0 bridgehead atoms. The Kier molecular flexibility index (Phi) is 7.14. The lowest BCUT2D eigenvalue weighted by atomic mass is 9.95. The van der Waals surface area contributed by atoms with Gasteiger partial charge in [0.2, 0.25) is 0 Å². The lowest BCUT2D eigenvalue weighted by Gasteiger charge is -2.10. The molecule has 9 aromatic rings. The van der Waals surface area contributed by atoms with E-state index in [9.17, 15) is 0 Å². The van der Waals surface area contributed by atoms with Crippen molar-refractivity contribution in [2.75, 3.05) is 0 Å². The van der Waals surface area contributed by atoms with Crippen LogP contribution in [0.2, 0.25) is 0 Å². The molecule has 3 heteroatoms. The van der Waals surface area contributed by atoms with Gasteiger partial charge in [-0.05, 0) is 74.8 Å². The summed E-state index contributed by atoms with van der Waals surface area (Å²) in [6.45, 7) is 0. The van der Waals surface area contributed by atoms with Crippen LogP contribution in [0.5, 0.6) is 0 Å². The molecule has 0 spiro atoms. The molecule has 0 radical (unpaired) electrons. The summed E-state index contributed by atoms with van der Waals surface area (Å²) in [6, 6.07) is 63.6. The van der Waals surface area contributed by atoms with Gasteiger partial charge < -0.3 is 4.42 Å². The van der Waals surface area contributed by atoms with E-state index in [2.05, 4.69) is 140 Å². The summed E-state index contributed by atoms with van der Waals surface area (Å²) in [5.74, 6) is 0.668. The number of hydrogen-bond donors (Lipinski definition) is 0. The summed E-state index contributed by atoms with van der Waals surface area (Å²) < 4.78 is 6.31. The van der Waals surface area contributed by atoms with Gasteiger partial charge in [0.1, 0.15) is 16.8 Å². The van der Waals surface area contributed by atoms with Crippen LogP contribution in [0.1, 0.15) is 0 Å². The van der Waals surface area contributed by atoms with Gasteiger partial charge >= 0.3 is 0 Å². The Morgan fingerprint density at radius 1 is 0.327 bits per heavy atom. The fraction of sp³-hybridized carbons (Fsp3) is 0. The number of fused-ring (bicyclic) bond motifs is 3. The van der Waals surface area contributed by atoms with Crippen molar-refractivity contribution < 1.29 is 4.42 Å². The Morgan fingerprint density at radius 2 is 0.755 bits per heavy atom. The van der Waals surface area contributed by atoms with E-state index in [1.54, 1.807) is 0 Å². The van der Waals surface area contributed by atoms with Gasteiger partial charge in [-0.1, -0.05) is 152 Å². The zero-order chi connectivity index (χ0) is 32.6. The largest absolute Gasteiger partial charge is 0.452 e. The highest BCUT2D eigenvalue weighted by Crippen LogP contribution is 2.37. The number of hydrogen-bond acceptors (Lipinski definition) is 3. The molecule has 2 heterocycles. The number of benzene rings is 7. The molecule has 0 amide bonds. The van der Waals surface area contributed by atoms with Crippen molar-refractivity contribution in [3.05, 3.63) is 182 Å². The maximum Gasteiger partial charge on any atom is 0.180 e. The topological polar surface area (TPSA) is 38.9 Å². The highest BCUT2D eigenvalue weighted by atomic mass is 16.3. The first-order valence-corrected chi connectivity index (χ1v) is 16.5. The second-order valence-corrected chi connectivity index (χ2v) is 12.2. The second-order valence-electron chi connectivity index (χ2n) is 12.2. The summed E-state index contributed by atoms with van der Waals surface area (Å²) in [6.07, 6.45) is 0. The second kappa shape index (κ2) is 12.2. The van der Waals surface area contributed by atoms with E-state index < -0.39 is 0 Å². The van der Waals surface area contributed by atoms with Gasteiger partial charge in [-0.25, -0.2) is 9.97 Å². The molecule has 7 aromatic carbocycles. The van der Waals surface area contributed by atoms with Crippen molar-refractivity contribution >= 4 is 22.1 Å². The predicted octanol–water partition coefficient (Wildman–Crippen LogP) is 12.4. The van der Waals surface area contributed by atoms with Crippen molar-refractivity contribution in [1.29, 1.82) is 0 Å². The summed E-state index contributed by atoms with van der Waals surface area (Å²) in [5, 5.41) is 0.983. The van der Waals surface area contributed by atoms with Gasteiger partial charge in [0.05, 0.1) is 0 Å². The molecule has 3 nitrogen and oxygen atoms in total. The number of rotatable bonds is 6. The Morgan fingerprint density at radius 3 is 1.37 bits per heavy atom. The minimum atomic E-state index is 0.668. The van der Waals surface area contributed by atoms with Crippen molar-refractivity contribution in [3.63, 3.8) is 0 Å². The lowest BCUT2D eigenvalue weighted by molar-refractivity contribution is 0.667. The Bertz CT molecular complexity index is 2590. The molecule has 0 atom stereocenters. The van der Waals surface area contributed by atoms with Crippen LogP contribution in [0.15, 0.2) is 186 Å². The molecule has 0 saturated carbocycles. The van der Waals surface area contributed by atoms with E-state index in [4.69, 9.17) is 14.4 Å². The maximum absolute atomic E-state index is 6.31.